The molecular weight excluding hydrogens is 469 g/mol. The molecule has 0 spiro atoms. The van der Waals surface area contributed by atoms with Crippen molar-refractivity contribution in [2.75, 3.05) is 12.5 Å². The van der Waals surface area contributed by atoms with E-state index in [1.165, 1.54) is 12.1 Å². The molecule has 0 bridgehead atoms. The van der Waals surface area contributed by atoms with E-state index >= 15 is 0 Å². The van der Waals surface area contributed by atoms with Gasteiger partial charge in [0.1, 0.15) is 17.2 Å². The van der Waals surface area contributed by atoms with Crippen molar-refractivity contribution in [2.24, 2.45) is 0 Å². The predicted octanol–water partition coefficient (Wildman–Crippen LogP) is 1.87. The molecule has 2 atom stereocenters. The number of halogens is 3. The van der Waals surface area contributed by atoms with Crippen LogP contribution in [0.15, 0.2) is 35.7 Å². The normalized spacial score (nSPS) is 20.0. The minimum Gasteiger partial charge on any atom is -0.509 e. The molecule has 33 heavy (non-hydrogen) atoms. The number of hydrogen-bond donors (Lipinski definition) is 2. The Hall–Kier alpha value is -3.22. The number of amides is 2. The summed E-state index contributed by atoms with van der Waals surface area (Å²) in [5.74, 6) is -3.36. The van der Waals surface area contributed by atoms with Crippen LogP contribution in [0.3, 0.4) is 0 Å². The summed E-state index contributed by atoms with van der Waals surface area (Å²) in [5.41, 5.74) is -0.918. The Labute approximate surface area is 189 Å². The lowest BCUT2D eigenvalue weighted by Gasteiger charge is -2.48. The smallest absolute Gasteiger partial charge is 0.416 e. The predicted molar refractivity (Wildman–Crippen MR) is 107 cm³/mol. The van der Waals surface area contributed by atoms with Crippen molar-refractivity contribution in [3.05, 3.63) is 46.8 Å². The zero-order valence-corrected chi connectivity index (χ0v) is 18.0. The van der Waals surface area contributed by atoms with Crippen LogP contribution in [0.4, 0.5) is 13.2 Å². The van der Waals surface area contributed by atoms with Crippen LogP contribution in [0.25, 0.3) is 0 Å². The van der Waals surface area contributed by atoms with E-state index in [-0.39, 0.29) is 18.6 Å². The molecule has 0 aliphatic carbocycles. The number of rotatable bonds is 7. The number of nitrogens with zero attached hydrogens (tertiary/aromatic N) is 1. The van der Waals surface area contributed by atoms with E-state index in [2.05, 4.69) is 10.1 Å². The molecule has 2 aliphatic rings. The fraction of sp³-hybridized carbons (Fsp3) is 0.400. The molecule has 0 saturated carbocycles. The molecule has 2 N–H and O–H groups in total. The highest BCUT2D eigenvalue weighted by Gasteiger charge is 2.54. The Balaban J connectivity index is 1.58. The van der Waals surface area contributed by atoms with Gasteiger partial charge >= 0.3 is 18.1 Å². The Kier molecular flexibility index (Phi) is 7.20. The number of β-lactam (4-membered cyclic amide) rings is 1. The Morgan fingerprint density at radius 2 is 1.88 bits per heavy atom. The van der Waals surface area contributed by atoms with Crippen molar-refractivity contribution >= 4 is 35.5 Å². The summed E-state index contributed by atoms with van der Waals surface area (Å²) in [5, 5.41) is 11.9. The summed E-state index contributed by atoms with van der Waals surface area (Å²) in [6.45, 7) is 0.863. The molecule has 1 saturated heterocycles. The lowest BCUT2D eigenvalue weighted by Crippen LogP contribution is -2.70. The van der Waals surface area contributed by atoms with Crippen LogP contribution in [0, 0.1) is 0 Å². The summed E-state index contributed by atoms with van der Waals surface area (Å²) >= 11 is 1.10. The number of esters is 2. The minimum atomic E-state index is -4.49. The number of ether oxygens (including phenoxy) is 2. The largest absolute Gasteiger partial charge is 0.509 e. The number of nitrogens with one attached hydrogen (secondary N) is 1. The second-order valence-electron chi connectivity index (χ2n) is 7.04. The van der Waals surface area contributed by atoms with Gasteiger partial charge in [0.15, 0.2) is 5.70 Å². The van der Waals surface area contributed by atoms with Gasteiger partial charge in [-0.1, -0.05) is 19.1 Å². The highest BCUT2D eigenvalue weighted by molar-refractivity contribution is 8.00. The molecule has 3 rings (SSSR count). The van der Waals surface area contributed by atoms with Gasteiger partial charge in [-0.25, -0.2) is 4.79 Å². The fourth-order valence-corrected chi connectivity index (χ4v) is 4.33. The molecule has 0 aromatic heterocycles. The van der Waals surface area contributed by atoms with Crippen molar-refractivity contribution in [3.63, 3.8) is 0 Å². The second-order valence-corrected chi connectivity index (χ2v) is 8.15. The standard InChI is InChI=1S/C20H19F3N2O7S/c1-2-14(28)31-9-32-19(30)16-12(26)8-33-18-15(17(29)25(16)18)24-13(27)7-10-3-5-11(6-4-10)20(21,22)23/h3-6,15,18,26H,2,7-9H2,1H3,(H,24,27)/t15?,18-/m1/s1. The average Bonchev–Trinajstić information content (AvgIpc) is 2.76. The highest BCUT2D eigenvalue weighted by Crippen LogP contribution is 2.40. The molecule has 1 unspecified atom stereocenters. The number of carbonyl (C=O) groups is 4. The number of hydrogen-bond acceptors (Lipinski definition) is 8. The van der Waals surface area contributed by atoms with E-state index < -0.39 is 65.2 Å². The summed E-state index contributed by atoms with van der Waals surface area (Å²) in [4.78, 5) is 49.3. The highest BCUT2D eigenvalue weighted by atomic mass is 32.2. The zero-order chi connectivity index (χ0) is 24.3. The van der Waals surface area contributed by atoms with Crippen LogP contribution >= 0.6 is 11.8 Å². The molecule has 9 nitrogen and oxygen atoms in total. The maximum atomic E-state index is 12.6. The molecule has 1 fully saturated rings. The summed E-state index contributed by atoms with van der Waals surface area (Å²) in [6, 6.07) is 3.07. The second kappa shape index (κ2) is 9.73. The maximum absolute atomic E-state index is 12.6. The first-order valence-corrected chi connectivity index (χ1v) is 10.7. The van der Waals surface area contributed by atoms with E-state index in [9.17, 15) is 37.5 Å². The van der Waals surface area contributed by atoms with Crippen molar-refractivity contribution in [2.45, 2.75) is 37.4 Å². The van der Waals surface area contributed by atoms with E-state index in [1.807, 2.05) is 0 Å². The molecule has 0 radical (unpaired) electrons. The Bertz CT molecular complexity index is 994. The van der Waals surface area contributed by atoms with E-state index in [4.69, 9.17) is 4.74 Å². The molecule has 2 heterocycles. The first-order chi connectivity index (χ1) is 15.5. The number of aliphatic hydroxyl groups excluding tert-OH is 1. The third-order valence-corrected chi connectivity index (χ3v) is 6.07. The fourth-order valence-electron chi connectivity index (χ4n) is 3.13. The van der Waals surface area contributed by atoms with Crippen LogP contribution in [0.2, 0.25) is 0 Å². The summed E-state index contributed by atoms with van der Waals surface area (Å²) in [6.07, 6.45) is -4.67. The molecule has 1 aromatic rings. The Morgan fingerprint density at radius 3 is 2.48 bits per heavy atom. The molecule has 13 heteroatoms. The van der Waals surface area contributed by atoms with Gasteiger partial charge in [-0.3, -0.25) is 19.3 Å². The van der Waals surface area contributed by atoms with E-state index in [1.54, 1.807) is 6.92 Å². The minimum absolute atomic E-state index is 0.0289. The van der Waals surface area contributed by atoms with Crippen LogP contribution < -0.4 is 5.32 Å². The van der Waals surface area contributed by atoms with Crippen LogP contribution in [-0.4, -0.2) is 57.7 Å². The van der Waals surface area contributed by atoms with Gasteiger partial charge < -0.3 is 19.9 Å². The molecule has 2 amide bonds. The van der Waals surface area contributed by atoms with Crippen molar-refractivity contribution in [3.8, 4) is 0 Å². The summed E-state index contributed by atoms with van der Waals surface area (Å²) in [7, 11) is 0. The van der Waals surface area contributed by atoms with Gasteiger partial charge in [0.05, 0.1) is 17.7 Å². The monoisotopic (exact) mass is 488 g/mol. The van der Waals surface area contributed by atoms with Crippen molar-refractivity contribution < 1.29 is 46.9 Å². The summed E-state index contributed by atoms with van der Waals surface area (Å²) < 4.78 is 47.4. The van der Waals surface area contributed by atoms with Gasteiger partial charge in [-0.15, -0.1) is 11.8 Å². The van der Waals surface area contributed by atoms with Gasteiger partial charge in [0, 0.05) is 6.42 Å². The van der Waals surface area contributed by atoms with Crippen LogP contribution in [-0.2, 0) is 41.2 Å². The SMILES string of the molecule is CCC(=O)OCOC(=O)C1=C(O)CS[C@@H]2C(NC(=O)Cc3ccc(C(F)(F)F)cc3)C(=O)N12. The first-order valence-electron chi connectivity index (χ1n) is 9.68. The number of benzene rings is 1. The number of thioether (sulfide) groups is 1. The number of fused-ring (bicyclic) bond motifs is 1. The van der Waals surface area contributed by atoms with Crippen LogP contribution in [0.1, 0.15) is 24.5 Å². The van der Waals surface area contributed by atoms with Crippen LogP contribution in [0.5, 0.6) is 0 Å². The maximum Gasteiger partial charge on any atom is 0.416 e. The molecule has 1 aromatic carbocycles. The quantitative estimate of drug-likeness (QED) is 0.339. The zero-order valence-electron chi connectivity index (χ0n) is 17.2. The molecule has 178 valence electrons. The number of alkyl halides is 3. The van der Waals surface area contributed by atoms with E-state index in [0.29, 0.717) is 5.56 Å². The third-order valence-electron chi connectivity index (χ3n) is 4.80. The van der Waals surface area contributed by atoms with Gasteiger partial charge in [0.25, 0.3) is 5.91 Å². The van der Waals surface area contributed by atoms with Crippen molar-refractivity contribution in [1.82, 2.24) is 10.2 Å². The lowest BCUT2D eigenvalue weighted by molar-refractivity contribution is -0.168. The first kappa shape index (κ1) is 24.4. The number of aliphatic hydroxyl groups is 1. The van der Waals surface area contributed by atoms with Gasteiger partial charge in [-0.05, 0) is 17.7 Å². The molecular formula is C20H19F3N2O7S. The average molecular weight is 488 g/mol. The third kappa shape index (κ3) is 5.41. The Morgan fingerprint density at radius 1 is 1.21 bits per heavy atom. The lowest BCUT2D eigenvalue weighted by atomic mass is 10.0. The van der Waals surface area contributed by atoms with Crippen molar-refractivity contribution in [1.29, 1.82) is 0 Å². The van der Waals surface area contributed by atoms with Gasteiger partial charge in [-0.2, -0.15) is 13.2 Å². The van der Waals surface area contributed by atoms with E-state index in [0.717, 1.165) is 28.8 Å². The van der Waals surface area contributed by atoms with Gasteiger partial charge in [0.2, 0.25) is 12.7 Å². The number of carbonyl (C=O) groups excluding carboxylic acids is 4. The molecule has 2 aliphatic heterocycles. The topological polar surface area (TPSA) is 122 Å².